The summed E-state index contributed by atoms with van der Waals surface area (Å²) in [6, 6.07) is 0. The maximum atomic E-state index is 5.38. The van der Waals surface area contributed by atoms with Crippen LogP contribution in [0.5, 0.6) is 0 Å². The van der Waals surface area contributed by atoms with E-state index in [2.05, 4.69) is 29.1 Å². The van der Waals surface area contributed by atoms with Crippen LogP contribution >= 0.6 is 11.3 Å². The molecule has 5 heteroatoms. The van der Waals surface area contributed by atoms with E-state index in [-0.39, 0.29) is 0 Å². The van der Waals surface area contributed by atoms with Crippen LogP contribution in [0.15, 0.2) is 0 Å². The third-order valence-corrected chi connectivity index (χ3v) is 3.90. The highest BCUT2D eigenvalue weighted by molar-refractivity contribution is 7.15. The van der Waals surface area contributed by atoms with Crippen molar-refractivity contribution in [3.63, 3.8) is 0 Å². The van der Waals surface area contributed by atoms with Crippen molar-refractivity contribution in [1.29, 1.82) is 0 Å². The molecule has 1 fully saturated rings. The van der Waals surface area contributed by atoms with Crippen molar-refractivity contribution in [1.82, 2.24) is 10.2 Å². The van der Waals surface area contributed by atoms with Crippen LogP contribution in [0, 0.1) is 5.92 Å². The summed E-state index contributed by atoms with van der Waals surface area (Å²) < 4.78 is 5.38. The smallest absolute Gasteiger partial charge is 0.208 e. The van der Waals surface area contributed by atoms with Gasteiger partial charge in [0.25, 0.3) is 0 Å². The first-order valence-corrected chi connectivity index (χ1v) is 6.72. The second-order valence-corrected chi connectivity index (χ2v) is 5.38. The zero-order valence-electron chi connectivity index (χ0n) is 9.98. The van der Waals surface area contributed by atoms with E-state index in [0.717, 1.165) is 42.7 Å². The van der Waals surface area contributed by atoms with Gasteiger partial charge in [0.15, 0.2) is 0 Å². The zero-order chi connectivity index (χ0) is 11.4. The van der Waals surface area contributed by atoms with E-state index in [4.69, 9.17) is 4.74 Å². The van der Waals surface area contributed by atoms with Crippen LogP contribution in [0.4, 0.5) is 5.13 Å². The number of hydrogen-bond donors (Lipinski definition) is 0. The van der Waals surface area contributed by atoms with Crippen LogP contribution in [-0.2, 0) is 11.2 Å². The Morgan fingerprint density at radius 2 is 2.38 bits per heavy atom. The van der Waals surface area contributed by atoms with Gasteiger partial charge >= 0.3 is 0 Å². The number of hydrogen-bond acceptors (Lipinski definition) is 5. The van der Waals surface area contributed by atoms with Crippen LogP contribution in [-0.4, -0.2) is 37.0 Å². The lowest BCUT2D eigenvalue weighted by molar-refractivity contribution is 0.186. The van der Waals surface area contributed by atoms with E-state index in [1.165, 1.54) is 6.42 Å². The summed E-state index contributed by atoms with van der Waals surface area (Å²) in [4.78, 5) is 2.20. The summed E-state index contributed by atoms with van der Waals surface area (Å²) in [5.41, 5.74) is 0. The summed E-state index contributed by atoms with van der Waals surface area (Å²) in [6.45, 7) is 5.00. The molecule has 0 spiro atoms. The molecular weight excluding hydrogens is 222 g/mol. The van der Waals surface area contributed by atoms with Crippen molar-refractivity contribution in [3.8, 4) is 0 Å². The van der Waals surface area contributed by atoms with Gasteiger partial charge in [0, 0.05) is 32.5 Å². The average Bonchev–Trinajstić information content (AvgIpc) is 2.89. The number of aromatic nitrogens is 2. The molecule has 1 aliphatic rings. The van der Waals surface area contributed by atoms with Crippen molar-refractivity contribution >= 4 is 16.5 Å². The summed E-state index contributed by atoms with van der Waals surface area (Å²) in [7, 11) is 2.09. The SMILES string of the molecule is CCCc1nnc(N(C)CC2CCOC2)s1. The third-order valence-electron chi connectivity index (χ3n) is 2.80. The lowest BCUT2D eigenvalue weighted by Crippen LogP contribution is -2.25. The quantitative estimate of drug-likeness (QED) is 0.790. The minimum Gasteiger partial charge on any atom is -0.381 e. The lowest BCUT2D eigenvalue weighted by Gasteiger charge is -2.18. The summed E-state index contributed by atoms with van der Waals surface area (Å²) in [5.74, 6) is 0.656. The van der Waals surface area contributed by atoms with Gasteiger partial charge in [-0.15, -0.1) is 10.2 Å². The Labute approximate surface area is 101 Å². The highest BCUT2D eigenvalue weighted by Crippen LogP contribution is 2.22. The van der Waals surface area contributed by atoms with Gasteiger partial charge in [-0.25, -0.2) is 0 Å². The van der Waals surface area contributed by atoms with Crippen LogP contribution in [0.3, 0.4) is 0 Å². The fraction of sp³-hybridized carbons (Fsp3) is 0.818. The molecule has 0 bridgehead atoms. The standard InChI is InChI=1S/C11H19N3OS/c1-3-4-10-12-13-11(16-10)14(2)7-9-5-6-15-8-9/h9H,3-8H2,1-2H3. The highest BCUT2D eigenvalue weighted by atomic mass is 32.1. The van der Waals surface area contributed by atoms with Gasteiger partial charge in [-0.1, -0.05) is 18.3 Å². The second kappa shape index (κ2) is 5.59. The normalized spacial score (nSPS) is 20.2. The molecule has 2 rings (SSSR count). The predicted molar refractivity (Wildman–Crippen MR) is 66.1 cm³/mol. The monoisotopic (exact) mass is 241 g/mol. The Morgan fingerprint density at radius 3 is 3.06 bits per heavy atom. The van der Waals surface area contributed by atoms with Gasteiger partial charge < -0.3 is 9.64 Å². The maximum Gasteiger partial charge on any atom is 0.208 e. The highest BCUT2D eigenvalue weighted by Gasteiger charge is 2.19. The lowest BCUT2D eigenvalue weighted by atomic mass is 10.1. The predicted octanol–water partition coefficient (Wildman–Crippen LogP) is 1.96. The van der Waals surface area contributed by atoms with Gasteiger partial charge in [-0.05, 0) is 12.8 Å². The third kappa shape index (κ3) is 2.92. The number of rotatable bonds is 5. The number of ether oxygens (including phenoxy) is 1. The van der Waals surface area contributed by atoms with Gasteiger partial charge in [-0.2, -0.15) is 0 Å². The molecule has 0 aliphatic carbocycles. The van der Waals surface area contributed by atoms with E-state index < -0.39 is 0 Å². The molecule has 1 aliphatic heterocycles. The maximum absolute atomic E-state index is 5.38. The van der Waals surface area contributed by atoms with Gasteiger partial charge in [-0.3, -0.25) is 0 Å². The number of aryl methyl sites for hydroxylation is 1. The minimum atomic E-state index is 0.656. The Balaban J connectivity index is 1.89. The van der Waals surface area contributed by atoms with Crippen LogP contribution in [0.2, 0.25) is 0 Å². The Kier molecular flexibility index (Phi) is 4.12. The molecule has 0 aromatic carbocycles. The van der Waals surface area contributed by atoms with Gasteiger partial charge in [0.05, 0.1) is 6.61 Å². The molecule has 16 heavy (non-hydrogen) atoms. The molecule has 0 saturated carbocycles. The summed E-state index contributed by atoms with van der Waals surface area (Å²) >= 11 is 1.71. The van der Waals surface area contributed by atoms with E-state index in [9.17, 15) is 0 Å². The fourth-order valence-electron chi connectivity index (χ4n) is 1.91. The molecule has 4 nitrogen and oxygen atoms in total. The van der Waals surface area contributed by atoms with Crippen molar-refractivity contribution in [3.05, 3.63) is 5.01 Å². The summed E-state index contributed by atoms with van der Waals surface area (Å²) in [6.07, 6.45) is 3.35. The molecule has 1 aromatic heterocycles. The minimum absolute atomic E-state index is 0.656. The number of nitrogens with zero attached hydrogens (tertiary/aromatic N) is 3. The molecule has 1 atom stereocenters. The van der Waals surface area contributed by atoms with Crippen LogP contribution < -0.4 is 4.90 Å². The number of anilines is 1. The molecule has 2 heterocycles. The first-order valence-electron chi connectivity index (χ1n) is 5.91. The van der Waals surface area contributed by atoms with E-state index in [0.29, 0.717) is 5.92 Å². The molecule has 1 aromatic rings. The Bertz CT molecular complexity index is 323. The van der Waals surface area contributed by atoms with Crippen LogP contribution in [0.1, 0.15) is 24.8 Å². The molecular formula is C11H19N3OS. The van der Waals surface area contributed by atoms with Crippen molar-refractivity contribution in [2.45, 2.75) is 26.2 Å². The van der Waals surface area contributed by atoms with Gasteiger partial charge in [0.1, 0.15) is 5.01 Å². The molecule has 0 amide bonds. The van der Waals surface area contributed by atoms with E-state index in [1.54, 1.807) is 11.3 Å². The van der Waals surface area contributed by atoms with Crippen molar-refractivity contribution < 1.29 is 4.74 Å². The second-order valence-electron chi connectivity index (χ2n) is 4.34. The molecule has 1 saturated heterocycles. The van der Waals surface area contributed by atoms with Crippen molar-refractivity contribution in [2.24, 2.45) is 5.92 Å². The molecule has 0 N–H and O–H groups in total. The Morgan fingerprint density at radius 1 is 1.50 bits per heavy atom. The first-order chi connectivity index (χ1) is 7.79. The topological polar surface area (TPSA) is 38.2 Å². The van der Waals surface area contributed by atoms with Crippen molar-refractivity contribution in [2.75, 3.05) is 31.7 Å². The molecule has 1 unspecified atom stereocenters. The van der Waals surface area contributed by atoms with E-state index >= 15 is 0 Å². The molecule has 0 radical (unpaired) electrons. The van der Waals surface area contributed by atoms with E-state index in [1.807, 2.05) is 0 Å². The largest absolute Gasteiger partial charge is 0.381 e. The summed E-state index contributed by atoms with van der Waals surface area (Å²) in [5, 5.41) is 10.6. The van der Waals surface area contributed by atoms with Crippen LogP contribution in [0.25, 0.3) is 0 Å². The fourth-order valence-corrected chi connectivity index (χ4v) is 2.82. The molecule has 90 valence electrons. The Hall–Kier alpha value is -0.680. The average molecular weight is 241 g/mol. The van der Waals surface area contributed by atoms with Gasteiger partial charge in [0.2, 0.25) is 5.13 Å². The first kappa shape index (κ1) is 11.8. The zero-order valence-corrected chi connectivity index (χ0v) is 10.8.